The predicted octanol–water partition coefficient (Wildman–Crippen LogP) is 3.19. The molecule has 2 aromatic rings. The first kappa shape index (κ1) is 19.0. The average molecular weight is 366 g/mol. The average Bonchev–Trinajstić information content (AvgIpc) is 3.05. The van der Waals surface area contributed by atoms with E-state index in [0.29, 0.717) is 19.7 Å². The number of amides is 2. The van der Waals surface area contributed by atoms with Crippen LogP contribution in [0.5, 0.6) is 5.75 Å². The summed E-state index contributed by atoms with van der Waals surface area (Å²) < 4.78 is 5.66. The summed E-state index contributed by atoms with van der Waals surface area (Å²) in [5.74, 6) is 0.485. The lowest BCUT2D eigenvalue weighted by Crippen LogP contribution is -2.37. The maximum Gasteiger partial charge on any atom is 0.227 e. The van der Waals surface area contributed by atoms with E-state index >= 15 is 0 Å². The smallest absolute Gasteiger partial charge is 0.227 e. The zero-order valence-corrected chi connectivity index (χ0v) is 16.1. The van der Waals surface area contributed by atoms with Crippen LogP contribution in [0.4, 0.5) is 5.69 Å². The fourth-order valence-electron chi connectivity index (χ4n) is 3.37. The minimum absolute atomic E-state index is 0.00665. The summed E-state index contributed by atoms with van der Waals surface area (Å²) >= 11 is 0. The molecule has 1 aliphatic heterocycles. The van der Waals surface area contributed by atoms with Gasteiger partial charge in [0, 0.05) is 25.7 Å². The molecule has 1 heterocycles. The zero-order valence-electron chi connectivity index (χ0n) is 16.1. The van der Waals surface area contributed by atoms with Crippen LogP contribution in [-0.2, 0) is 9.59 Å². The number of anilines is 1. The van der Waals surface area contributed by atoms with Gasteiger partial charge in [-0.25, -0.2) is 0 Å². The first-order chi connectivity index (χ1) is 13.0. The molecule has 0 spiro atoms. The van der Waals surface area contributed by atoms with Gasteiger partial charge in [-0.15, -0.1) is 0 Å². The van der Waals surface area contributed by atoms with Crippen LogP contribution in [0.2, 0.25) is 0 Å². The third-order valence-electron chi connectivity index (χ3n) is 5.16. The quantitative estimate of drug-likeness (QED) is 0.789. The summed E-state index contributed by atoms with van der Waals surface area (Å²) in [5.41, 5.74) is 3.14. The number of nitrogens with zero attached hydrogens (tertiary/aromatic N) is 2. The molecule has 0 aliphatic carbocycles. The molecule has 0 radical (unpaired) electrons. The minimum Gasteiger partial charge on any atom is -0.492 e. The molecule has 0 saturated carbocycles. The molecule has 27 heavy (non-hydrogen) atoms. The van der Waals surface area contributed by atoms with E-state index < -0.39 is 0 Å². The molecule has 5 heteroatoms. The van der Waals surface area contributed by atoms with E-state index in [1.165, 1.54) is 0 Å². The molecular formula is C22H26N2O3. The number of likely N-dealkylation sites (N-methyl/N-ethyl adjacent to an activating group) is 1. The Labute approximate surface area is 160 Å². The van der Waals surface area contributed by atoms with E-state index in [1.54, 1.807) is 16.8 Å². The van der Waals surface area contributed by atoms with Crippen molar-refractivity contribution in [2.24, 2.45) is 5.92 Å². The number of ether oxygens (including phenoxy) is 1. The van der Waals surface area contributed by atoms with Crippen molar-refractivity contribution in [2.75, 3.05) is 31.6 Å². The van der Waals surface area contributed by atoms with Crippen molar-refractivity contribution in [3.8, 4) is 5.75 Å². The van der Waals surface area contributed by atoms with Crippen LogP contribution in [0.15, 0.2) is 48.5 Å². The van der Waals surface area contributed by atoms with Crippen molar-refractivity contribution in [1.82, 2.24) is 4.90 Å². The molecule has 1 unspecified atom stereocenters. The Hall–Kier alpha value is -2.82. The molecule has 1 aliphatic rings. The van der Waals surface area contributed by atoms with Gasteiger partial charge in [0.15, 0.2) is 0 Å². The van der Waals surface area contributed by atoms with Crippen molar-refractivity contribution in [3.63, 3.8) is 0 Å². The fourth-order valence-corrected chi connectivity index (χ4v) is 3.37. The first-order valence-corrected chi connectivity index (χ1v) is 9.26. The van der Waals surface area contributed by atoms with Gasteiger partial charge in [0.25, 0.3) is 0 Å². The standard InChI is InChI=1S/C22H26N2O3/c1-16-8-7-11-20(17(16)2)24-15-18(14-21(24)25)22(26)23(3)12-13-27-19-9-5-4-6-10-19/h4-11,18H,12-15H2,1-3H3. The lowest BCUT2D eigenvalue weighted by Gasteiger charge is -2.22. The van der Waals surface area contributed by atoms with Gasteiger partial charge in [0.1, 0.15) is 12.4 Å². The van der Waals surface area contributed by atoms with Gasteiger partial charge in [-0.1, -0.05) is 30.3 Å². The largest absolute Gasteiger partial charge is 0.492 e. The third kappa shape index (κ3) is 4.30. The van der Waals surface area contributed by atoms with E-state index in [2.05, 4.69) is 0 Å². The Balaban J connectivity index is 1.57. The van der Waals surface area contributed by atoms with Crippen LogP contribution in [-0.4, -0.2) is 43.5 Å². The van der Waals surface area contributed by atoms with Crippen molar-refractivity contribution < 1.29 is 14.3 Å². The molecule has 2 amide bonds. The summed E-state index contributed by atoms with van der Waals surface area (Å²) in [4.78, 5) is 28.7. The SMILES string of the molecule is Cc1cccc(N2CC(C(=O)N(C)CCOc3ccccc3)CC2=O)c1C. The van der Waals surface area contributed by atoms with E-state index in [-0.39, 0.29) is 24.2 Å². The van der Waals surface area contributed by atoms with Crippen LogP contribution in [0.25, 0.3) is 0 Å². The summed E-state index contributed by atoms with van der Waals surface area (Å²) in [6, 6.07) is 15.5. The number of hydrogen-bond acceptors (Lipinski definition) is 3. The van der Waals surface area contributed by atoms with Gasteiger partial charge in [0.2, 0.25) is 11.8 Å². The maximum atomic E-state index is 12.8. The zero-order chi connectivity index (χ0) is 19.4. The van der Waals surface area contributed by atoms with Gasteiger partial charge in [-0.05, 0) is 43.2 Å². The molecule has 1 fully saturated rings. The lowest BCUT2D eigenvalue weighted by molar-refractivity contribution is -0.134. The third-order valence-corrected chi connectivity index (χ3v) is 5.16. The Kier molecular flexibility index (Phi) is 5.79. The topological polar surface area (TPSA) is 49.9 Å². The number of hydrogen-bond donors (Lipinski definition) is 0. The second-order valence-electron chi connectivity index (χ2n) is 7.05. The van der Waals surface area contributed by atoms with Gasteiger partial charge < -0.3 is 14.5 Å². The highest BCUT2D eigenvalue weighted by atomic mass is 16.5. The number of aryl methyl sites for hydroxylation is 1. The highest BCUT2D eigenvalue weighted by Crippen LogP contribution is 2.30. The molecule has 3 rings (SSSR count). The molecule has 2 aromatic carbocycles. The van der Waals surface area contributed by atoms with Gasteiger partial charge in [0.05, 0.1) is 12.5 Å². The van der Waals surface area contributed by atoms with E-state index in [1.807, 2.05) is 62.4 Å². The van der Waals surface area contributed by atoms with Crippen molar-refractivity contribution in [2.45, 2.75) is 20.3 Å². The van der Waals surface area contributed by atoms with Crippen LogP contribution in [0.1, 0.15) is 17.5 Å². The highest BCUT2D eigenvalue weighted by Gasteiger charge is 2.36. The highest BCUT2D eigenvalue weighted by molar-refractivity contribution is 6.00. The molecule has 0 N–H and O–H groups in total. The van der Waals surface area contributed by atoms with E-state index in [9.17, 15) is 9.59 Å². The number of carbonyl (C=O) groups excluding carboxylic acids is 2. The van der Waals surface area contributed by atoms with E-state index in [0.717, 1.165) is 22.6 Å². The van der Waals surface area contributed by atoms with Gasteiger partial charge >= 0.3 is 0 Å². The van der Waals surface area contributed by atoms with Crippen molar-refractivity contribution in [1.29, 1.82) is 0 Å². The molecule has 142 valence electrons. The fraction of sp³-hybridized carbons (Fsp3) is 0.364. The number of carbonyl (C=O) groups is 2. The van der Waals surface area contributed by atoms with Crippen molar-refractivity contribution >= 4 is 17.5 Å². The summed E-state index contributed by atoms with van der Waals surface area (Å²) in [6.07, 6.45) is 0.260. The number of para-hydroxylation sites is 1. The molecule has 5 nitrogen and oxygen atoms in total. The number of rotatable bonds is 6. The molecule has 1 saturated heterocycles. The second-order valence-corrected chi connectivity index (χ2v) is 7.05. The maximum absolute atomic E-state index is 12.8. The van der Waals surface area contributed by atoms with Crippen LogP contribution in [0.3, 0.4) is 0 Å². The molecule has 0 aromatic heterocycles. The normalized spacial score (nSPS) is 16.5. The van der Waals surface area contributed by atoms with Crippen molar-refractivity contribution in [3.05, 3.63) is 59.7 Å². The minimum atomic E-state index is -0.306. The van der Waals surface area contributed by atoms with E-state index in [4.69, 9.17) is 4.74 Å². The number of benzene rings is 2. The Bertz CT molecular complexity index is 820. The Morgan fingerprint density at radius 1 is 1.15 bits per heavy atom. The first-order valence-electron chi connectivity index (χ1n) is 9.26. The molecule has 1 atom stereocenters. The monoisotopic (exact) mass is 366 g/mol. The Morgan fingerprint density at radius 2 is 1.89 bits per heavy atom. The summed E-state index contributed by atoms with van der Waals surface area (Å²) in [6.45, 7) is 5.39. The Morgan fingerprint density at radius 3 is 2.63 bits per heavy atom. The lowest BCUT2D eigenvalue weighted by atomic mass is 10.1. The summed E-state index contributed by atoms with van der Waals surface area (Å²) in [5, 5.41) is 0. The van der Waals surface area contributed by atoms with Crippen LogP contribution in [0, 0.1) is 19.8 Å². The molecular weight excluding hydrogens is 340 g/mol. The predicted molar refractivity (Wildman–Crippen MR) is 106 cm³/mol. The van der Waals surface area contributed by atoms with Crippen LogP contribution < -0.4 is 9.64 Å². The van der Waals surface area contributed by atoms with Crippen LogP contribution >= 0.6 is 0 Å². The van der Waals surface area contributed by atoms with Gasteiger partial charge in [-0.3, -0.25) is 9.59 Å². The second kappa shape index (κ2) is 8.25. The van der Waals surface area contributed by atoms with Gasteiger partial charge in [-0.2, -0.15) is 0 Å². The molecule has 0 bridgehead atoms. The summed E-state index contributed by atoms with van der Waals surface area (Å²) in [7, 11) is 1.77.